The molecule has 41 heavy (non-hydrogen) atoms. The van der Waals surface area contributed by atoms with Gasteiger partial charge < -0.3 is 29.9 Å². The van der Waals surface area contributed by atoms with Crippen molar-refractivity contribution in [3.63, 3.8) is 0 Å². The molecular weight excluding hydrogens is 518 g/mol. The Balaban J connectivity index is 1.31. The quantitative estimate of drug-likeness (QED) is 0.504. The standard InChI is InChI=1S/C31H41N7O3/c1-5-29(39)34-25-7-6-8-26(20-25)41-30-28(38-15-17-40-18-16-38)21-32-31(35-30)33-23(3)24-9-10-27(22(2)19-24)37-13-11-36(4)12-14-37/h5-10,19-20,23,28H,1,11-18,21H2,2-4H3,(H,32,33)(H,34,39)/t23-,28?/m1/s1. The third kappa shape index (κ3) is 7.32. The van der Waals surface area contributed by atoms with Gasteiger partial charge in [0.2, 0.25) is 17.8 Å². The normalized spacial score (nSPS) is 21.0. The van der Waals surface area contributed by atoms with Crippen LogP contribution in [0.4, 0.5) is 11.4 Å². The maximum Gasteiger partial charge on any atom is 0.247 e. The van der Waals surface area contributed by atoms with Gasteiger partial charge in [0.05, 0.1) is 25.8 Å². The lowest BCUT2D eigenvalue weighted by Gasteiger charge is -2.35. The second kappa shape index (κ2) is 13.3. The number of carbonyl (C=O) groups excluding carboxylic acids is 1. The summed E-state index contributed by atoms with van der Waals surface area (Å²) in [6.07, 6.45) is 1.24. The lowest BCUT2D eigenvalue weighted by molar-refractivity contribution is -0.111. The maximum atomic E-state index is 11.8. The van der Waals surface area contributed by atoms with Gasteiger partial charge in [-0.2, -0.15) is 4.99 Å². The highest BCUT2D eigenvalue weighted by Gasteiger charge is 2.31. The third-order valence-electron chi connectivity index (χ3n) is 7.82. The van der Waals surface area contributed by atoms with E-state index in [1.807, 2.05) is 18.2 Å². The molecule has 10 heteroatoms. The first-order chi connectivity index (χ1) is 19.9. The zero-order valence-corrected chi connectivity index (χ0v) is 24.3. The SMILES string of the molecule is C=CC(=O)Nc1cccc(OC2=NC(N[C@H](C)c3ccc(N4CCN(C)CC4)c(C)c3)=NCC2N2CCOCC2)c1. The van der Waals surface area contributed by atoms with Gasteiger partial charge in [0.15, 0.2) is 0 Å². The topological polar surface area (TPSA) is 94.0 Å². The van der Waals surface area contributed by atoms with Crippen LogP contribution in [0.3, 0.4) is 0 Å². The Kier molecular flexibility index (Phi) is 9.33. The number of hydrogen-bond donors (Lipinski definition) is 2. The summed E-state index contributed by atoms with van der Waals surface area (Å²) in [6, 6.07) is 13.9. The van der Waals surface area contributed by atoms with E-state index >= 15 is 0 Å². The van der Waals surface area contributed by atoms with Gasteiger partial charge in [-0.15, -0.1) is 0 Å². The van der Waals surface area contributed by atoms with Crippen molar-refractivity contribution in [2.45, 2.75) is 25.9 Å². The van der Waals surface area contributed by atoms with Crippen molar-refractivity contribution in [3.05, 3.63) is 66.2 Å². The molecule has 0 spiro atoms. The molecule has 0 aromatic heterocycles. The molecule has 5 rings (SSSR count). The number of ether oxygens (including phenoxy) is 2. The van der Waals surface area contributed by atoms with Crippen molar-refractivity contribution < 1.29 is 14.3 Å². The van der Waals surface area contributed by atoms with Crippen LogP contribution in [-0.2, 0) is 9.53 Å². The Bertz CT molecular complexity index is 1300. The predicted octanol–water partition coefficient (Wildman–Crippen LogP) is 3.07. The van der Waals surface area contributed by atoms with Gasteiger partial charge >= 0.3 is 0 Å². The molecule has 218 valence electrons. The summed E-state index contributed by atoms with van der Waals surface area (Å²) in [5.41, 5.74) is 4.39. The third-order valence-corrected chi connectivity index (χ3v) is 7.82. The zero-order valence-electron chi connectivity index (χ0n) is 24.3. The molecule has 0 radical (unpaired) electrons. The van der Waals surface area contributed by atoms with Crippen LogP contribution < -0.4 is 20.3 Å². The van der Waals surface area contributed by atoms with Crippen molar-refractivity contribution in [3.8, 4) is 5.75 Å². The average molecular weight is 560 g/mol. The summed E-state index contributed by atoms with van der Waals surface area (Å²) in [4.78, 5) is 28.6. The molecule has 2 saturated heterocycles. The molecule has 2 atom stereocenters. The molecule has 2 fully saturated rings. The van der Waals surface area contributed by atoms with E-state index in [0.717, 1.165) is 39.3 Å². The Morgan fingerprint density at radius 1 is 1.12 bits per heavy atom. The molecule has 0 aliphatic carbocycles. The van der Waals surface area contributed by atoms with Gasteiger partial charge in [0, 0.05) is 56.7 Å². The number of aliphatic imine (C=N–C) groups is 2. The summed E-state index contributed by atoms with van der Waals surface area (Å²) >= 11 is 0. The van der Waals surface area contributed by atoms with Crippen LogP contribution in [0.2, 0.25) is 0 Å². The number of anilines is 2. The van der Waals surface area contributed by atoms with E-state index in [2.05, 4.69) is 71.0 Å². The van der Waals surface area contributed by atoms with Gasteiger partial charge in [0.1, 0.15) is 11.8 Å². The molecule has 1 unspecified atom stereocenters. The highest BCUT2D eigenvalue weighted by Crippen LogP contribution is 2.26. The molecule has 2 aromatic rings. The minimum atomic E-state index is -0.275. The minimum absolute atomic E-state index is 0.0105. The van der Waals surface area contributed by atoms with E-state index in [1.165, 1.54) is 22.9 Å². The van der Waals surface area contributed by atoms with Crippen LogP contribution in [0.15, 0.2) is 65.1 Å². The first kappa shape index (κ1) is 28.8. The van der Waals surface area contributed by atoms with Crippen LogP contribution in [0.5, 0.6) is 5.75 Å². The zero-order chi connectivity index (χ0) is 28.8. The van der Waals surface area contributed by atoms with E-state index in [1.54, 1.807) is 6.07 Å². The Morgan fingerprint density at radius 3 is 2.63 bits per heavy atom. The fraction of sp³-hybridized carbons (Fsp3) is 0.452. The molecule has 2 aromatic carbocycles. The highest BCUT2D eigenvalue weighted by molar-refractivity contribution is 6.00. The number of guanidine groups is 1. The molecule has 1 amide bonds. The number of nitrogens with one attached hydrogen (secondary N) is 2. The van der Waals surface area contributed by atoms with Crippen molar-refractivity contribution in [2.24, 2.45) is 9.98 Å². The van der Waals surface area contributed by atoms with Crippen LogP contribution in [0.1, 0.15) is 24.1 Å². The van der Waals surface area contributed by atoms with Gasteiger partial charge in [-0.05, 0) is 56.3 Å². The molecule has 0 saturated carbocycles. The van der Waals surface area contributed by atoms with Gasteiger partial charge in [-0.1, -0.05) is 24.8 Å². The number of nitrogens with zero attached hydrogens (tertiary/aromatic N) is 5. The smallest absolute Gasteiger partial charge is 0.247 e. The van der Waals surface area contributed by atoms with Crippen molar-refractivity contribution in [2.75, 3.05) is 76.3 Å². The number of morpholine rings is 1. The molecule has 0 bridgehead atoms. The maximum absolute atomic E-state index is 11.8. The second-order valence-electron chi connectivity index (χ2n) is 10.8. The van der Waals surface area contributed by atoms with E-state index < -0.39 is 0 Å². The Hall–Kier alpha value is -3.73. The summed E-state index contributed by atoms with van der Waals surface area (Å²) in [6.45, 7) is 15.5. The Labute approximate surface area is 242 Å². The van der Waals surface area contributed by atoms with Crippen LogP contribution >= 0.6 is 0 Å². The lowest BCUT2D eigenvalue weighted by Crippen LogP contribution is -2.52. The molecular formula is C31H41N7O3. The number of carbonyl (C=O) groups is 1. The lowest BCUT2D eigenvalue weighted by atomic mass is 10.0. The number of benzene rings is 2. The first-order valence-corrected chi connectivity index (χ1v) is 14.4. The molecule has 3 aliphatic rings. The summed E-state index contributed by atoms with van der Waals surface area (Å²) < 4.78 is 11.9. The summed E-state index contributed by atoms with van der Waals surface area (Å²) in [5.74, 6) is 1.44. The van der Waals surface area contributed by atoms with Crippen molar-refractivity contribution >= 4 is 29.1 Å². The number of hydrogen-bond acceptors (Lipinski definition) is 9. The number of likely N-dealkylation sites (N-methyl/N-ethyl adjacent to an activating group) is 1. The molecule has 3 heterocycles. The van der Waals surface area contributed by atoms with Crippen molar-refractivity contribution in [1.82, 2.24) is 15.1 Å². The number of piperazine rings is 1. The van der Waals surface area contributed by atoms with E-state index in [0.29, 0.717) is 43.1 Å². The first-order valence-electron chi connectivity index (χ1n) is 14.4. The van der Waals surface area contributed by atoms with E-state index in [4.69, 9.17) is 19.5 Å². The summed E-state index contributed by atoms with van der Waals surface area (Å²) in [5, 5.41) is 6.29. The summed E-state index contributed by atoms with van der Waals surface area (Å²) in [7, 11) is 2.18. The fourth-order valence-electron chi connectivity index (χ4n) is 5.37. The second-order valence-corrected chi connectivity index (χ2v) is 10.8. The van der Waals surface area contributed by atoms with Gasteiger partial charge in [-0.25, -0.2) is 4.99 Å². The van der Waals surface area contributed by atoms with Crippen LogP contribution in [-0.4, -0.2) is 99.7 Å². The van der Waals surface area contributed by atoms with E-state index in [-0.39, 0.29) is 18.0 Å². The van der Waals surface area contributed by atoms with Gasteiger partial charge in [-0.3, -0.25) is 9.69 Å². The fourth-order valence-corrected chi connectivity index (χ4v) is 5.37. The highest BCUT2D eigenvalue weighted by atomic mass is 16.5. The van der Waals surface area contributed by atoms with Crippen LogP contribution in [0.25, 0.3) is 0 Å². The van der Waals surface area contributed by atoms with E-state index in [9.17, 15) is 4.79 Å². The van der Waals surface area contributed by atoms with Gasteiger partial charge in [0.25, 0.3) is 0 Å². The van der Waals surface area contributed by atoms with Crippen molar-refractivity contribution in [1.29, 1.82) is 0 Å². The Morgan fingerprint density at radius 2 is 1.90 bits per heavy atom. The number of rotatable bonds is 7. The number of amides is 1. The monoisotopic (exact) mass is 559 g/mol. The minimum Gasteiger partial charge on any atom is -0.441 e. The molecule has 10 nitrogen and oxygen atoms in total. The van der Waals surface area contributed by atoms with Crippen LogP contribution in [0, 0.1) is 6.92 Å². The average Bonchev–Trinajstić information content (AvgIpc) is 2.98. The molecule has 2 N–H and O–H groups in total. The molecule has 3 aliphatic heterocycles. The number of aryl methyl sites for hydroxylation is 1. The predicted molar refractivity (Wildman–Crippen MR) is 164 cm³/mol. The largest absolute Gasteiger partial charge is 0.441 e.